The van der Waals surface area contributed by atoms with Gasteiger partial charge in [-0.2, -0.15) is 0 Å². The van der Waals surface area contributed by atoms with Crippen LogP contribution >= 0.6 is 0 Å². The molecule has 2 rings (SSSR count). The SMILES string of the molecule is ONCc1ccc(C2CCCO2)cc1. The highest BCUT2D eigenvalue weighted by Gasteiger charge is 2.16. The van der Waals surface area contributed by atoms with Crippen LogP contribution in [-0.2, 0) is 11.3 Å². The molecule has 14 heavy (non-hydrogen) atoms. The van der Waals surface area contributed by atoms with Crippen LogP contribution in [-0.4, -0.2) is 11.8 Å². The Morgan fingerprint density at radius 2 is 2.14 bits per heavy atom. The number of hydroxylamine groups is 1. The van der Waals surface area contributed by atoms with Gasteiger partial charge in [0, 0.05) is 13.2 Å². The molecule has 1 aliphatic heterocycles. The molecule has 1 atom stereocenters. The number of nitrogens with one attached hydrogen (secondary N) is 1. The van der Waals surface area contributed by atoms with Gasteiger partial charge >= 0.3 is 0 Å². The zero-order valence-corrected chi connectivity index (χ0v) is 8.07. The maximum absolute atomic E-state index is 8.53. The average Bonchev–Trinajstić information content (AvgIpc) is 2.72. The molecule has 0 aromatic heterocycles. The van der Waals surface area contributed by atoms with Gasteiger partial charge in [-0.1, -0.05) is 24.3 Å². The van der Waals surface area contributed by atoms with E-state index in [4.69, 9.17) is 9.94 Å². The molecule has 1 aliphatic rings. The predicted octanol–water partition coefficient (Wildman–Crippen LogP) is 2.02. The van der Waals surface area contributed by atoms with Crippen molar-refractivity contribution in [3.63, 3.8) is 0 Å². The van der Waals surface area contributed by atoms with E-state index in [2.05, 4.69) is 17.6 Å². The lowest BCUT2D eigenvalue weighted by molar-refractivity contribution is 0.112. The molecule has 0 bridgehead atoms. The Kier molecular flexibility index (Phi) is 3.14. The summed E-state index contributed by atoms with van der Waals surface area (Å²) >= 11 is 0. The molecule has 1 fully saturated rings. The third-order valence-corrected chi connectivity index (χ3v) is 2.56. The highest BCUT2D eigenvalue weighted by molar-refractivity contribution is 5.24. The molecule has 0 spiro atoms. The molecule has 3 nitrogen and oxygen atoms in total. The van der Waals surface area contributed by atoms with Crippen molar-refractivity contribution in [2.45, 2.75) is 25.5 Å². The zero-order valence-electron chi connectivity index (χ0n) is 8.07. The monoisotopic (exact) mass is 193 g/mol. The standard InChI is InChI=1S/C11H15NO2/c13-12-8-9-3-5-10(6-4-9)11-2-1-7-14-11/h3-6,11-13H,1-2,7-8H2. The fourth-order valence-electron chi connectivity index (χ4n) is 1.78. The van der Waals surface area contributed by atoms with E-state index in [1.165, 1.54) is 5.56 Å². The van der Waals surface area contributed by atoms with Crippen LogP contribution in [0.25, 0.3) is 0 Å². The van der Waals surface area contributed by atoms with Crippen LogP contribution in [0.3, 0.4) is 0 Å². The second-order valence-corrected chi connectivity index (χ2v) is 3.58. The topological polar surface area (TPSA) is 41.5 Å². The predicted molar refractivity (Wildman–Crippen MR) is 53.0 cm³/mol. The van der Waals surface area contributed by atoms with Crippen LogP contribution in [0, 0.1) is 0 Å². The summed E-state index contributed by atoms with van der Waals surface area (Å²) in [5.74, 6) is 0. The molecule has 0 radical (unpaired) electrons. The van der Waals surface area contributed by atoms with Gasteiger partial charge in [-0.05, 0) is 24.0 Å². The molecular formula is C11H15NO2. The van der Waals surface area contributed by atoms with Crippen LogP contribution in [0.1, 0.15) is 30.1 Å². The maximum atomic E-state index is 8.53. The second kappa shape index (κ2) is 4.55. The lowest BCUT2D eigenvalue weighted by atomic mass is 10.0. The van der Waals surface area contributed by atoms with E-state index in [1.807, 2.05) is 12.1 Å². The number of benzene rings is 1. The Balaban J connectivity index is 2.05. The van der Waals surface area contributed by atoms with Gasteiger partial charge in [-0.3, -0.25) is 0 Å². The minimum absolute atomic E-state index is 0.283. The summed E-state index contributed by atoms with van der Waals surface area (Å²) in [6, 6.07) is 8.17. The minimum atomic E-state index is 0.283. The van der Waals surface area contributed by atoms with Gasteiger partial charge in [0.25, 0.3) is 0 Å². The highest BCUT2D eigenvalue weighted by atomic mass is 16.5. The van der Waals surface area contributed by atoms with Crippen LogP contribution in [0.2, 0.25) is 0 Å². The lowest BCUT2D eigenvalue weighted by Gasteiger charge is -2.09. The Morgan fingerprint density at radius 1 is 1.36 bits per heavy atom. The zero-order chi connectivity index (χ0) is 9.80. The molecule has 1 unspecified atom stereocenters. The smallest absolute Gasteiger partial charge is 0.0825 e. The fourth-order valence-corrected chi connectivity index (χ4v) is 1.78. The van der Waals surface area contributed by atoms with Crippen LogP contribution < -0.4 is 5.48 Å². The van der Waals surface area contributed by atoms with Gasteiger partial charge in [-0.25, -0.2) is 5.48 Å². The molecular weight excluding hydrogens is 178 g/mol. The van der Waals surface area contributed by atoms with Crippen molar-refractivity contribution >= 4 is 0 Å². The molecule has 76 valence electrons. The first kappa shape index (κ1) is 9.65. The Labute approximate surface area is 83.7 Å². The van der Waals surface area contributed by atoms with Gasteiger partial charge in [-0.15, -0.1) is 0 Å². The van der Waals surface area contributed by atoms with Crippen molar-refractivity contribution in [2.24, 2.45) is 0 Å². The van der Waals surface area contributed by atoms with Crippen molar-refractivity contribution in [1.29, 1.82) is 0 Å². The maximum Gasteiger partial charge on any atom is 0.0825 e. The quantitative estimate of drug-likeness (QED) is 0.721. The first-order chi connectivity index (χ1) is 6.90. The van der Waals surface area contributed by atoms with Crippen molar-refractivity contribution < 1.29 is 9.94 Å². The Hall–Kier alpha value is -0.900. The van der Waals surface area contributed by atoms with Crippen molar-refractivity contribution in [3.8, 4) is 0 Å². The van der Waals surface area contributed by atoms with Gasteiger partial charge in [0.1, 0.15) is 0 Å². The van der Waals surface area contributed by atoms with E-state index in [0.717, 1.165) is 25.0 Å². The third kappa shape index (κ3) is 2.12. The van der Waals surface area contributed by atoms with E-state index in [1.54, 1.807) is 0 Å². The fraction of sp³-hybridized carbons (Fsp3) is 0.455. The van der Waals surface area contributed by atoms with Crippen LogP contribution in [0.5, 0.6) is 0 Å². The molecule has 1 saturated heterocycles. The van der Waals surface area contributed by atoms with Crippen molar-refractivity contribution in [1.82, 2.24) is 5.48 Å². The molecule has 1 aromatic rings. The molecule has 0 amide bonds. The van der Waals surface area contributed by atoms with E-state index < -0.39 is 0 Å². The minimum Gasteiger partial charge on any atom is -0.374 e. The van der Waals surface area contributed by atoms with Crippen LogP contribution in [0.4, 0.5) is 0 Å². The number of rotatable bonds is 3. The molecule has 2 N–H and O–H groups in total. The molecule has 1 aromatic carbocycles. The number of hydrogen-bond acceptors (Lipinski definition) is 3. The molecule has 1 heterocycles. The largest absolute Gasteiger partial charge is 0.374 e. The summed E-state index contributed by atoms with van der Waals surface area (Å²) in [5.41, 5.74) is 4.46. The van der Waals surface area contributed by atoms with E-state index >= 15 is 0 Å². The lowest BCUT2D eigenvalue weighted by Crippen LogP contribution is -2.06. The average molecular weight is 193 g/mol. The number of ether oxygens (including phenoxy) is 1. The summed E-state index contributed by atoms with van der Waals surface area (Å²) in [4.78, 5) is 0. The summed E-state index contributed by atoms with van der Waals surface area (Å²) < 4.78 is 5.57. The Morgan fingerprint density at radius 3 is 2.71 bits per heavy atom. The summed E-state index contributed by atoms with van der Waals surface area (Å²) in [7, 11) is 0. The number of hydrogen-bond donors (Lipinski definition) is 2. The first-order valence-corrected chi connectivity index (χ1v) is 4.97. The van der Waals surface area contributed by atoms with E-state index in [0.29, 0.717) is 6.54 Å². The van der Waals surface area contributed by atoms with Crippen LogP contribution in [0.15, 0.2) is 24.3 Å². The Bertz CT molecular complexity index is 278. The summed E-state index contributed by atoms with van der Waals surface area (Å²) in [6.45, 7) is 1.37. The van der Waals surface area contributed by atoms with E-state index in [9.17, 15) is 0 Å². The van der Waals surface area contributed by atoms with Gasteiger partial charge in [0.05, 0.1) is 6.10 Å². The molecule has 0 aliphatic carbocycles. The molecule has 0 saturated carbocycles. The third-order valence-electron chi connectivity index (χ3n) is 2.56. The summed E-state index contributed by atoms with van der Waals surface area (Å²) in [5, 5.41) is 8.53. The second-order valence-electron chi connectivity index (χ2n) is 3.58. The van der Waals surface area contributed by atoms with Crippen molar-refractivity contribution in [3.05, 3.63) is 35.4 Å². The normalized spacial score (nSPS) is 21.4. The van der Waals surface area contributed by atoms with E-state index in [-0.39, 0.29) is 6.10 Å². The van der Waals surface area contributed by atoms with Gasteiger partial charge in [0.2, 0.25) is 0 Å². The van der Waals surface area contributed by atoms with Crippen molar-refractivity contribution in [2.75, 3.05) is 6.61 Å². The highest BCUT2D eigenvalue weighted by Crippen LogP contribution is 2.28. The van der Waals surface area contributed by atoms with Gasteiger partial charge < -0.3 is 9.94 Å². The van der Waals surface area contributed by atoms with Gasteiger partial charge in [0.15, 0.2) is 0 Å². The first-order valence-electron chi connectivity index (χ1n) is 4.97. The molecule has 3 heteroatoms. The summed E-state index contributed by atoms with van der Waals surface area (Å²) in [6.07, 6.45) is 2.56.